The van der Waals surface area contributed by atoms with Gasteiger partial charge in [-0.05, 0) is 53.1 Å². The Hall–Kier alpha value is -2.64. The van der Waals surface area contributed by atoms with Crippen LogP contribution < -0.4 is 0 Å². The average Bonchev–Trinajstić information content (AvgIpc) is 3.22. The Morgan fingerprint density at radius 1 is 1.12 bits per heavy atom. The first-order valence-corrected chi connectivity index (χ1v) is 9.08. The summed E-state index contributed by atoms with van der Waals surface area (Å²) in [4.78, 5) is 10.9. The normalized spacial score (nSPS) is 11.9. The molecule has 128 valence electrons. The fraction of sp³-hybridized carbons (Fsp3) is 0.0588. The van der Waals surface area contributed by atoms with E-state index in [4.69, 9.17) is 11.6 Å². The Kier molecular flexibility index (Phi) is 4.61. The SMILES string of the molecule is Cn1cc(-c2ccc(S(=O)(=O)n3ccc(C=CC(=O)Cl)c3)cc2)cn1. The third-order valence-electron chi connectivity index (χ3n) is 3.56. The predicted molar refractivity (Wildman–Crippen MR) is 95.6 cm³/mol. The van der Waals surface area contributed by atoms with Gasteiger partial charge in [0.25, 0.3) is 10.0 Å². The lowest BCUT2D eigenvalue weighted by molar-refractivity contribution is -0.107. The quantitative estimate of drug-likeness (QED) is 0.507. The van der Waals surface area contributed by atoms with Gasteiger partial charge in [0, 0.05) is 31.2 Å². The van der Waals surface area contributed by atoms with Gasteiger partial charge in [-0.3, -0.25) is 9.48 Å². The van der Waals surface area contributed by atoms with Gasteiger partial charge in [0.2, 0.25) is 5.24 Å². The average molecular weight is 376 g/mol. The van der Waals surface area contributed by atoms with Crippen molar-refractivity contribution in [2.75, 3.05) is 0 Å². The number of hydrogen-bond acceptors (Lipinski definition) is 4. The van der Waals surface area contributed by atoms with Gasteiger partial charge in [-0.25, -0.2) is 12.4 Å². The second-order valence-corrected chi connectivity index (χ2v) is 7.56. The molecule has 0 aliphatic carbocycles. The lowest BCUT2D eigenvalue weighted by atomic mass is 10.1. The molecule has 0 aliphatic heterocycles. The van der Waals surface area contributed by atoms with Crippen LogP contribution in [0.3, 0.4) is 0 Å². The van der Waals surface area contributed by atoms with Crippen molar-refractivity contribution < 1.29 is 13.2 Å². The highest BCUT2D eigenvalue weighted by molar-refractivity contribution is 7.90. The minimum Gasteiger partial charge on any atom is -0.276 e. The monoisotopic (exact) mass is 375 g/mol. The van der Waals surface area contributed by atoms with E-state index in [2.05, 4.69) is 5.10 Å². The number of benzene rings is 1. The molecule has 0 atom stereocenters. The highest BCUT2D eigenvalue weighted by Crippen LogP contribution is 2.22. The highest BCUT2D eigenvalue weighted by atomic mass is 35.5. The van der Waals surface area contributed by atoms with Crippen molar-refractivity contribution in [3.63, 3.8) is 0 Å². The van der Waals surface area contributed by atoms with E-state index in [0.29, 0.717) is 5.56 Å². The van der Waals surface area contributed by atoms with Crippen molar-refractivity contribution in [1.29, 1.82) is 0 Å². The number of aryl methyl sites for hydroxylation is 1. The summed E-state index contributed by atoms with van der Waals surface area (Å²) in [5, 5.41) is 3.48. The van der Waals surface area contributed by atoms with Crippen LogP contribution >= 0.6 is 11.6 Å². The molecule has 25 heavy (non-hydrogen) atoms. The lowest BCUT2D eigenvalue weighted by Crippen LogP contribution is -2.10. The second-order valence-electron chi connectivity index (χ2n) is 5.34. The van der Waals surface area contributed by atoms with Crippen LogP contribution in [0.15, 0.2) is 66.1 Å². The van der Waals surface area contributed by atoms with E-state index >= 15 is 0 Å². The van der Waals surface area contributed by atoms with Gasteiger partial charge >= 0.3 is 0 Å². The summed E-state index contributed by atoms with van der Waals surface area (Å²) in [5.74, 6) is 0. The Balaban J connectivity index is 1.88. The molecule has 0 spiro atoms. The smallest absolute Gasteiger partial charge is 0.267 e. The Morgan fingerprint density at radius 2 is 1.84 bits per heavy atom. The fourth-order valence-electron chi connectivity index (χ4n) is 2.31. The van der Waals surface area contributed by atoms with Crippen molar-refractivity contribution >= 4 is 32.9 Å². The first-order valence-electron chi connectivity index (χ1n) is 7.26. The van der Waals surface area contributed by atoms with Crippen molar-refractivity contribution in [3.8, 4) is 11.1 Å². The first-order chi connectivity index (χ1) is 11.9. The van der Waals surface area contributed by atoms with E-state index in [9.17, 15) is 13.2 Å². The molecule has 0 bridgehead atoms. The molecule has 0 saturated heterocycles. The predicted octanol–water partition coefficient (Wildman–Crippen LogP) is 2.90. The summed E-state index contributed by atoms with van der Waals surface area (Å²) in [5.41, 5.74) is 2.35. The Morgan fingerprint density at radius 3 is 2.44 bits per heavy atom. The largest absolute Gasteiger partial charge is 0.276 e. The van der Waals surface area contributed by atoms with Crippen LogP contribution in [0.25, 0.3) is 17.2 Å². The Labute approximate surface area is 150 Å². The number of nitrogens with zero attached hydrogens (tertiary/aromatic N) is 3. The zero-order chi connectivity index (χ0) is 18.0. The van der Waals surface area contributed by atoms with Crippen LogP contribution in [0.5, 0.6) is 0 Å². The van der Waals surface area contributed by atoms with Crippen LogP contribution in [-0.2, 0) is 21.9 Å². The number of carbonyl (C=O) groups excluding carboxylic acids is 1. The lowest BCUT2D eigenvalue weighted by Gasteiger charge is -2.06. The summed E-state index contributed by atoms with van der Waals surface area (Å²) in [6, 6.07) is 8.16. The molecule has 0 aliphatic rings. The summed E-state index contributed by atoms with van der Waals surface area (Å²) in [7, 11) is -1.89. The summed E-state index contributed by atoms with van der Waals surface area (Å²) >= 11 is 5.23. The molecule has 8 heteroatoms. The zero-order valence-electron chi connectivity index (χ0n) is 13.2. The van der Waals surface area contributed by atoms with Gasteiger partial charge in [0.05, 0.1) is 11.1 Å². The summed E-state index contributed by atoms with van der Waals surface area (Å²) in [6.07, 6.45) is 9.02. The molecule has 0 amide bonds. The molecule has 2 heterocycles. The maximum atomic E-state index is 12.7. The third-order valence-corrected chi connectivity index (χ3v) is 5.34. The third kappa shape index (κ3) is 3.72. The van der Waals surface area contributed by atoms with Gasteiger partial charge in [0.1, 0.15) is 0 Å². The number of rotatable bonds is 5. The number of halogens is 1. The minimum atomic E-state index is -3.71. The number of allylic oxidation sites excluding steroid dienone is 1. The molecule has 0 radical (unpaired) electrons. The number of aromatic nitrogens is 3. The molecule has 0 fully saturated rings. The van der Waals surface area contributed by atoms with E-state index in [1.807, 2.05) is 13.2 Å². The topological polar surface area (TPSA) is 74.0 Å². The van der Waals surface area contributed by atoms with E-state index in [-0.39, 0.29) is 4.90 Å². The standard InChI is InChI=1S/C17H14ClN3O3S/c1-20-12-15(10-19-20)14-3-5-16(6-4-14)25(23,24)21-9-8-13(11-21)2-7-17(18)22/h2-12H,1H3. The molecule has 0 unspecified atom stereocenters. The van der Waals surface area contributed by atoms with Gasteiger partial charge in [-0.2, -0.15) is 5.10 Å². The summed E-state index contributed by atoms with van der Waals surface area (Å²) in [6.45, 7) is 0. The highest BCUT2D eigenvalue weighted by Gasteiger charge is 2.16. The summed E-state index contributed by atoms with van der Waals surface area (Å²) < 4.78 is 28.1. The van der Waals surface area contributed by atoms with Crippen LogP contribution in [0.2, 0.25) is 0 Å². The Bertz CT molecular complexity index is 1050. The molecular weight excluding hydrogens is 362 g/mol. The van der Waals surface area contributed by atoms with Gasteiger partial charge in [0.15, 0.2) is 0 Å². The number of hydrogen-bond donors (Lipinski definition) is 0. The maximum absolute atomic E-state index is 12.7. The molecule has 0 saturated carbocycles. The van der Waals surface area contributed by atoms with Crippen molar-refractivity contribution in [1.82, 2.24) is 13.8 Å². The molecule has 3 rings (SSSR count). The molecular formula is C17H14ClN3O3S. The van der Waals surface area contributed by atoms with Crippen LogP contribution in [0.4, 0.5) is 0 Å². The fourth-order valence-corrected chi connectivity index (χ4v) is 3.58. The van der Waals surface area contributed by atoms with Crippen molar-refractivity contribution in [2.45, 2.75) is 4.90 Å². The van der Waals surface area contributed by atoms with Gasteiger partial charge < -0.3 is 0 Å². The minimum absolute atomic E-state index is 0.166. The van der Waals surface area contributed by atoms with Crippen molar-refractivity contribution in [2.24, 2.45) is 7.05 Å². The first kappa shape index (κ1) is 17.2. The molecule has 0 N–H and O–H groups in total. The van der Waals surface area contributed by atoms with Crippen LogP contribution in [-0.4, -0.2) is 27.4 Å². The second kappa shape index (κ2) is 6.70. The van der Waals surface area contributed by atoms with E-state index < -0.39 is 15.3 Å². The van der Waals surface area contributed by atoms with E-state index in [1.54, 1.807) is 41.2 Å². The molecule has 6 nitrogen and oxygen atoms in total. The van der Waals surface area contributed by atoms with Crippen LogP contribution in [0.1, 0.15) is 5.56 Å². The zero-order valence-corrected chi connectivity index (χ0v) is 14.8. The number of carbonyl (C=O) groups is 1. The molecule has 1 aromatic carbocycles. The van der Waals surface area contributed by atoms with E-state index in [0.717, 1.165) is 21.2 Å². The van der Waals surface area contributed by atoms with Gasteiger partial charge in [-0.15, -0.1) is 0 Å². The molecule has 2 aromatic heterocycles. The van der Waals surface area contributed by atoms with E-state index in [1.165, 1.54) is 18.5 Å². The van der Waals surface area contributed by atoms with Crippen molar-refractivity contribution in [3.05, 3.63) is 66.8 Å². The van der Waals surface area contributed by atoms with Crippen LogP contribution in [0, 0.1) is 0 Å². The maximum Gasteiger partial charge on any atom is 0.267 e. The van der Waals surface area contributed by atoms with Gasteiger partial charge in [-0.1, -0.05) is 12.1 Å². The molecule has 3 aromatic rings.